The maximum atomic E-state index is 13.4. The number of hydrogen-bond acceptors (Lipinski definition) is 4. The Morgan fingerprint density at radius 1 is 1.44 bits per heavy atom. The fourth-order valence-corrected chi connectivity index (χ4v) is 2.37. The van der Waals surface area contributed by atoms with Crippen LogP contribution in [0.25, 0.3) is 0 Å². The lowest BCUT2D eigenvalue weighted by Gasteiger charge is -2.34. The topological polar surface area (TPSA) is 44.7 Å². The number of benzene rings is 1. The molecule has 1 heterocycles. The summed E-state index contributed by atoms with van der Waals surface area (Å²) in [5, 5.41) is 12.9. The van der Waals surface area contributed by atoms with Crippen LogP contribution in [-0.4, -0.2) is 49.9 Å². The molecule has 5 heteroatoms. The molecule has 0 radical (unpaired) electrons. The summed E-state index contributed by atoms with van der Waals surface area (Å²) in [5.74, 6) is 0.313. The Balaban J connectivity index is 2.27. The van der Waals surface area contributed by atoms with Crippen LogP contribution in [0.2, 0.25) is 0 Å². The minimum Gasteiger partial charge on any atom is -0.496 e. The van der Waals surface area contributed by atoms with Gasteiger partial charge in [-0.25, -0.2) is 4.39 Å². The third-order valence-corrected chi connectivity index (χ3v) is 3.32. The van der Waals surface area contributed by atoms with Gasteiger partial charge in [0.05, 0.1) is 19.8 Å². The van der Waals surface area contributed by atoms with Crippen molar-refractivity contribution < 1.29 is 14.2 Å². The Morgan fingerprint density at radius 3 is 2.78 bits per heavy atom. The molecular weight excluding hydrogens is 235 g/mol. The van der Waals surface area contributed by atoms with Crippen molar-refractivity contribution in [2.45, 2.75) is 6.04 Å². The van der Waals surface area contributed by atoms with E-state index in [-0.39, 0.29) is 18.5 Å². The van der Waals surface area contributed by atoms with E-state index >= 15 is 0 Å². The fraction of sp³-hybridized carbons (Fsp3) is 0.538. The molecule has 1 aliphatic heterocycles. The second-order valence-corrected chi connectivity index (χ2v) is 4.37. The second kappa shape index (κ2) is 6.13. The van der Waals surface area contributed by atoms with Crippen molar-refractivity contribution in [2.24, 2.45) is 0 Å². The molecule has 1 aromatic carbocycles. The number of halogens is 1. The lowest BCUT2D eigenvalue weighted by molar-refractivity contribution is 0.108. The molecule has 0 aromatic heterocycles. The average Bonchev–Trinajstić information content (AvgIpc) is 2.41. The van der Waals surface area contributed by atoms with E-state index in [4.69, 9.17) is 4.74 Å². The van der Waals surface area contributed by atoms with Crippen LogP contribution in [0.4, 0.5) is 4.39 Å². The molecule has 1 aliphatic rings. The maximum Gasteiger partial charge on any atom is 0.123 e. The van der Waals surface area contributed by atoms with Crippen LogP contribution < -0.4 is 10.1 Å². The first-order chi connectivity index (χ1) is 8.76. The third-order valence-electron chi connectivity index (χ3n) is 3.32. The van der Waals surface area contributed by atoms with Gasteiger partial charge in [0.15, 0.2) is 0 Å². The average molecular weight is 254 g/mol. The normalized spacial score (nSPS) is 18.6. The number of methoxy groups -OCH3 is 1. The SMILES string of the molecule is COc1ccc(F)cc1[C@@H](CO)N1CCNCC1. The number of ether oxygens (including phenoxy) is 1. The van der Waals surface area contributed by atoms with Gasteiger partial charge in [0.25, 0.3) is 0 Å². The Bertz CT molecular complexity index is 395. The maximum absolute atomic E-state index is 13.4. The smallest absolute Gasteiger partial charge is 0.123 e. The lowest BCUT2D eigenvalue weighted by Crippen LogP contribution is -2.46. The van der Waals surface area contributed by atoms with Crippen LogP contribution in [0.15, 0.2) is 18.2 Å². The molecule has 1 atom stereocenters. The van der Waals surface area contributed by atoms with Gasteiger partial charge in [-0.05, 0) is 18.2 Å². The summed E-state index contributed by atoms with van der Waals surface area (Å²) in [6.07, 6.45) is 0. The van der Waals surface area contributed by atoms with Crippen molar-refractivity contribution >= 4 is 0 Å². The van der Waals surface area contributed by atoms with Gasteiger partial charge in [-0.15, -0.1) is 0 Å². The molecule has 0 unspecified atom stereocenters. The first-order valence-corrected chi connectivity index (χ1v) is 6.15. The number of piperazine rings is 1. The van der Waals surface area contributed by atoms with E-state index in [9.17, 15) is 9.50 Å². The molecule has 0 aliphatic carbocycles. The lowest BCUT2D eigenvalue weighted by atomic mass is 10.0. The van der Waals surface area contributed by atoms with E-state index in [1.54, 1.807) is 13.2 Å². The summed E-state index contributed by atoms with van der Waals surface area (Å²) in [7, 11) is 1.56. The first kappa shape index (κ1) is 13.3. The molecule has 0 bridgehead atoms. The van der Waals surface area contributed by atoms with Crippen molar-refractivity contribution in [2.75, 3.05) is 39.9 Å². The number of hydrogen-bond donors (Lipinski definition) is 2. The zero-order chi connectivity index (χ0) is 13.0. The van der Waals surface area contributed by atoms with Crippen LogP contribution in [-0.2, 0) is 0 Å². The van der Waals surface area contributed by atoms with Crippen LogP contribution in [0.3, 0.4) is 0 Å². The second-order valence-electron chi connectivity index (χ2n) is 4.37. The Hall–Kier alpha value is -1.17. The van der Waals surface area contributed by atoms with Crippen LogP contribution in [0, 0.1) is 5.82 Å². The van der Waals surface area contributed by atoms with Gasteiger partial charge in [-0.1, -0.05) is 0 Å². The van der Waals surface area contributed by atoms with Gasteiger partial charge in [-0.3, -0.25) is 4.90 Å². The molecule has 0 amide bonds. The predicted octanol–water partition coefficient (Wildman–Crippen LogP) is 0.773. The van der Waals surface area contributed by atoms with Crippen molar-refractivity contribution in [3.8, 4) is 5.75 Å². The molecule has 1 fully saturated rings. The Kier molecular flexibility index (Phi) is 4.52. The highest BCUT2D eigenvalue weighted by atomic mass is 19.1. The summed E-state index contributed by atoms with van der Waals surface area (Å²) in [4.78, 5) is 2.15. The quantitative estimate of drug-likeness (QED) is 0.833. The van der Waals surface area contributed by atoms with Crippen molar-refractivity contribution in [1.29, 1.82) is 0 Å². The van der Waals surface area contributed by atoms with E-state index in [0.717, 1.165) is 26.2 Å². The summed E-state index contributed by atoms with van der Waals surface area (Å²) < 4.78 is 18.6. The van der Waals surface area contributed by atoms with Gasteiger partial charge in [0, 0.05) is 31.7 Å². The Labute approximate surface area is 106 Å². The number of nitrogens with zero attached hydrogens (tertiary/aromatic N) is 1. The van der Waals surface area contributed by atoms with Crippen LogP contribution >= 0.6 is 0 Å². The number of aliphatic hydroxyl groups excluding tert-OH is 1. The number of aliphatic hydroxyl groups is 1. The molecular formula is C13H19FN2O2. The summed E-state index contributed by atoms with van der Waals surface area (Å²) in [5.41, 5.74) is 0.710. The van der Waals surface area contributed by atoms with Crippen molar-refractivity contribution in [1.82, 2.24) is 10.2 Å². The molecule has 0 spiro atoms. The van der Waals surface area contributed by atoms with Crippen LogP contribution in [0.1, 0.15) is 11.6 Å². The largest absolute Gasteiger partial charge is 0.496 e. The van der Waals surface area contributed by atoms with Crippen molar-refractivity contribution in [3.05, 3.63) is 29.6 Å². The zero-order valence-electron chi connectivity index (χ0n) is 10.5. The summed E-state index contributed by atoms with van der Waals surface area (Å²) in [6, 6.07) is 4.21. The van der Waals surface area contributed by atoms with Gasteiger partial charge in [0.2, 0.25) is 0 Å². The first-order valence-electron chi connectivity index (χ1n) is 6.15. The number of nitrogens with one attached hydrogen (secondary N) is 1. The predicted molar refractivity (Wildman–Crippen MR) is 67.2 cm³/mol. The van der Waals surface area contributed by atoms with E-state index in [1.807, 2.05) is 0 Å². The summed E-state index contributed by atoms with van der Waals surface area (Å²) in [6.45, 7) is 3.40. The van der Waals surface area contributed by atoms with Gasteiger partial charge in [0.1, 0.15) is 11.6 Å². The highest BCUT2D eigenvalue weighted by Gasteiger charge is 2.24. The molecule has 1 saturated heterocycles. The standard InChI is InChI=1S/C13H19FN2O2/c1-18-13-3-2-10(14)8-11(13)12(9-17)16-6-4-15-5-7-16/h2-3,8,12,15,17H,4-7,9H2,1H3/t12-/m1/s1. The third kappa shape index (κ3) is 2.80. The highest BCUT2D eigenvalue weighted by molar-refractivity contribution is 5.36. The molecule has 1 aromatic rings. The zero-order valence-corrected chi connectivity index (χ0v) is 10.5. The highest BCUT2D eigenvalue weighted by Crippen LogP contribution is 2.30. The van der Waals surface area contributed by atoms with Crippen LogP contribution in [0.5, 0.6) is 5.75 Å². The minimum absolute atomic E-state index is 0.0419. The Morgan fingerprint density at radius 2 is 2.17 bits per heavy atom. The fourth-order valence-electron chi connectivity index (χ4n) is 2.37. The molecule has 4 nitrogen and oxygen atoms in total. The van der Waals surface area contributed by atoms with Crippen molar-refractivity contribution in [3.63, 3.8) is 0 Å². The van der Waals surface area contributed by atoms with Gasteiger partial charge in [-0.2, -0.15) is 0 Å². The number of rotatable bonds is 4. The van der Waals surface area contributed by atoms with E-state index < -0.39 is 0 Å². The van der Waals surface area contributed by atoms with E-state index in [1.165, 1.54) is 12.1 Å². The van der Waals surface area contributed by atoms with E-state index in [2.05, 4.69) is 10.2 Å². The summed E-state index contributed by atoms with van der Waals surface area (Å²) >= 11 is 0. The molecule has 18 heavy (non-hydrogen) atoms. The minimum atomic E-state index is -0.306. The van der Waals surface area contributed by atoms with Gasteiger partial charge < -0.3 is 15.2 Å². The molecule has 2 rings (SSSR count). The molecule has 100 valence electrons. The monoisotopic (exact) mass is 254 g/mol. The molecule has 2 N–H and O–H groups in total. The molecule has 0 saturated carbocycles. The van der Waals surface area contributed by atoms with Gasteiger partial charge >= 0.3 is 0 Å². The van der Waals surface area contributed by atoms with E-state index in [0.29, 0.717) is 11.3 Å².